The Morgan fingerprint density at radius 3 is 1.36 bits per heavy atom. The summed E-state index contributed by atoms with van der Waals surface area (Å²) in [4.78, 5) is 97.9. The third kappa shape index (κ3) is 30.4. The van der Waals surface area contributed by atoms with Gasteiger partial charge in [-0.25, -0.2) is 52.3 Å². The largest absolute Gasteiger partial charge is 0.342 e. The number of H-pyrrole nitrogens is 1. The van der Waals surface area contributed by atoms with Gasteiger partial charge in [-0.3, -0.25) is 60.0 Å². The van der Waals surface area contributed by atoms with Crippen LogP contribution in [0.1, 0.15) is 121 Å². The molecule has 31 heteroatoms. The summed E-state index contributed by atoms with van der Waals surface area (Å²) in [6.07, 6.45) is 32.0. The molecule has 14 aromatic rings. The van der Waals surface area contributed by atoms with Gasteiger partial charge in [-0.05, 0) is 238 Å². The quantitative estimate of drug-likeness (QED) is 0.00787. The molecule has 1 aliphatic heterocycles. The fourth-order valence-corrected chi connectivity index (χ4v) is 16.8. The van der Waals surface area contributed by atoms with E-state index < -0.39 is 29.5 Å². The molecule has 0 saturated carbocycles. The van der Waals surface area contributed by atoms with Crippen LogP contribution >= 0.6 is 11.8 Å². The highest BCUT2D eigenvalue weighted by Gasteiger charge is 2.26. The van der Waals surface area contributed by atoms with Crippen LogP contribution in [0.2, 0.25) is 0 Å². The number of hydrogen-bond acceptors (Lipinski definition) is 21. The van der Waals surface area contributed by atoms with E-state index in [0.29, 0.717) is 0 Å². The van der Waals surface area contributed by atoms with Crippen molar-refractivity contribution >= 4 is 127 Å². The summed E-state index contributed by atoms with van der Waals surface area (Å²) in [6, 6.07) is 58.1. The van der Waals surface area contributed by atoms with Gasteiger partial charge in [-0.2, -0.15) is 0 Å². The number of amides is 5. The first kappa shape index (κ1) is 98.9. The molecule has 30 nitrogen and oxygen atoms in total. The number of carbonyl (C=O) groups is 5. The molecule has 0 radical (unpaired) electrons. The van der Waals surface area contributed by atoms with Gasteiger partial charge >= 0.3 is 0 Å². The third-order valence-electron chi connectivity index (χ3n) is 21.6. The molecule has 688 valence electrons. The molecule has 1 aliphatic rings. The second kappa shape index (κ2) is 49.3. The summed E-state index contributed by atoms with van der Waals surface area (Å²) in [5.41, 5.74) is 26.9. The normalized spacial score (nSPS) is 12.5. The number of imidazole rings is 5. The Hall–Kier alpha value is -13.7. The molecule has 5 amide bonds. The number of aromatic amines is 1. The van der Waals surface area contributed by atoms with E-state index in [-0.39, 0.29) is 10.8 Å². The van der Waals surface area contributed by atoms with E-state index in [4.69, 9.17) is 41.0 Å². The molecule has 1 fully saturated rings. The van der Waals surface area contributed by atoms with Crippen molar-refractivity contribution in [2.24, 2.45) is 10.8 Å². The molecule has 132 heavy (non-hydrogen) atoms. The van der Waals surface area contributed by atoms with Gasteiger partial charge in [0.2, 0.25) is 0 Å². The second-order valence-electron chi connectivity index (χ2n) is 34.2. The number of hydroxylamine groups is 5. The van der Waals surface area contributed by atoms with Crippen molar-refractivity contribution < 1.29 is 50.0 Å². The number of rotatable bonds is 33. The number of nitrogens with one attached hydrogen (secondary N) is 6. The van der Waals surface area contributed by atoms with Crippen LogP contribution in [0.5, 0.6) is 0 Å². The van der Waals surface area contributed by atoms with E-state index in [2.05, 4.69) is 175 Å². The molecule has 15 rings (SSSR count). The molecule has 8 heterocycles. The predicted molar refractivity (Wildman–Crippen MR) is 519 cm³/mol. The molecule has 7 aromatic heterocycles. The van der Waals surface area contributed by atoms with Gasteiger partial charge in [-0.1, -0.05) is 149 Å². The number of fused-ring (bicyclic) bond motifs is 5. The number of nitrogens with zero attached hydrogens (tertiary/aromatic N) is 14. The average Bonchev–Trinajstić information content (AvgIpc) is 1.62. The number of benzene rings is 7. The minimum Gasteiger partial charge on any atom is -0.342 e. The zero-order valence-electron chi connectivity index (χ0n) is 76.1. The maximum absolute atomic E-state index is 11.3. The van der Waals surface area contributed by atoms with Gasteiger partial charge in [0.1, 0.15) is 17.5 Å². The number of thioether (sulfide) groups is 1. The van der Waals surface area contributed by atoms with Gasteiger partial charge in [0, 0.05) is 126 Å². The van der Waals surface area contributed by atoms with Gasteiger partial charge in [0.05, 0.1) is 61.5 Å². The Bertz CT molecular complexity index is 6120. The van der Waals surface area contributed by atoms with Crippen LogP contribution in [-0.2, 0) is 88.0 Å². The van der Waals surface area contributed by atoms with Crippen molar-refractivity contribution in [1.82, 2.24) is 100 Å². The zero-order valence-corrected chi connectivity index (χ0v) is 76.9. The predicted octanol–water partition coefficient (Wildman–Crippen LogP) is 15.2. The SMILES string of the molecule is CCn1c(Cc2ccccc2)nc2cc(/C=C/C(=O)NO)ccc21.CN(C)CC(C)(C)Cn1c(CCc2cccnc2)nc2cc(/C=C/C(=O)NO)ccc21.CN(C)CC(C)(C)Cn1c(SCc2ccccc2)nc2cc(/C=C/C(=O)NO)ccc21.O=C(/C=C/c1ccc2c(c1)ncn2CCN1CCCCC1)NO.O=C(/C=C/c1ccc2nc(CCc3cccnc3)[nH]c2c1)NO. The van der Waals surface area contributed by atoms with Crippen LogP contribution in [0, 0.1) is 10.8 Å². The smallest absolute Gasteiger partial charge is 0.267 e. The highest BCUT2D eigenvalue weighted by molar-refractivity contribution is 7.98. The summed E-state index contributed by atoms with van der Waals surface area (Å²) in [5.74, 6) is 1.04. The van der Waals surface area contributed by atoms with Gasteiger partial charge in [0.25, 0.3) is 29.5 Å². The molecule has 0 spiro atoms. The Morgan fingerprint density at radius 2 is 0.871 bits per heavy atom. The van der Waals surface area contributed by atoms with E-state index in [1.165, 1.54) is 85.0 Å². The molecular weight excluding hydrogens is 1690 g/mol. The molecule has 7 aromatic carbocycles. The summed E-state index contributed by atoms with van der Waals surface area (Å²) in [7, 11) is 8.39. The van der Waals surface area contributed by atoms with Crippen molar-refractivity contribution in [3.05, 3.63) is 305 Å². The first-order chi connectivity index (χ1) is 63.7. The lowest BCUT2D eigenvalue weighted by Gasteiger charge is -2.29. The van der Waals surface area contributed by atoms with E-state index in [0.717, 1.165) is 189 Å². The number of piperidine rings is 1. The van der Waals surface area contributed by atoms with Gasteiger partial charge < -0.3 is 38.0 Å². The highest BCUT2D eigenvalue weighted by atomic mass is 32.2. The maximum Gasteiger partial charge on any atom is 0.267 e. The minimum atomic E-state index is -0.563. The molecule has 0 unspecified atom stereocenters. The zero-order chi connectivity index (χ0) is 93.9. The average molecular weight is 1800 g/mol. The standard InChI is InChI=1S/C24H31N5O2.C24H30N4O2S.C19H19N3O2.C17H16N4O2.C17H22N4O2/c1-24(2,16-28(3)4)17-29-21-10-7-18(9-12-23(30)27-31)14-20(21)26-22(29)11-8-19-6-5-13-25-15-19;1-24(2,16-27(3)4)17-28-21-12-10-18(11-13-22(29)26-30)14-20(21)25-23(28)31-15-19-8-6-5-7-9-19;1-2-22-17-10-8-15(9-11-19(23)21-24)12-16(17)20-18(22)13-14-6-4-3-5-7-14;22-17(21-23)8-5-12-3-6-14-15(10-12)20-16(19-14)7-4-13-2-1-9-18-11-13;22-17(19-23)7-5-14-4-6-16-15(12-14)18-13-21(16)11-10-20-8-2-1-3-9-20/h5-7,9-10,12-15,31H,8,11,16-17H2,1-4H3,(H,27,30);5-14,30H,15-17H2,1-4H3,(H,26,29);3-12,24H,2,13H2,1H3,(H,21,23);1-3,5-6,8-11,23H,4,7H2,(H,19,20)(H,21,22);4-7,12-13,23H,1-3,8-11H2,(H,19,22)/b12-9+;13-11+;11-9+;8-5+;7-5+. The number of pyridine rings is 2. The van der Waals surface area contributed by atoms with E-state index in [1.807, 2.05) is 140 Å². The fraction of sp³-hybridized carbons (Fsp3) is 0.287. The van der Waals surface area contributed by atoms with E-state index in [9.17, 15) is 24.0 Å². The second-order valence-corrected chi connectivity index (χ2v) is 35.1. The first-order valence-electron chi connectivity index (χ1n) is 43.8. The Labute approximate surface area is 772 Å². The van der Waals surface area contributed by atoms with Crippen LogP contribution < -0.4 is 27.4 Å². The minimum absolute atomic E-state index is 0.0664. The topological polar surface area (TPSA) is 382 Å². The molecular formula is C101H118N20O10S. The molecule has 0 atom stereocenters. The Balaban J connectivity index is 0.000000160. The third-order valence-corrected chi connectivity index (χ3v) is 22.6. The number of aryl methyl sites for hydroxylation is 5. The fourth-order valence-electron chi connectivity index (χ4n) is 15.9. The van der Waals surface area contributed by atoms with Crippen molar-refractivity contribution in [3.8, 4) is 0 Å². The summed E-state index contributed by atoms with van der Waals surface area (Å²) < 4.78 is 9.01. The van der Waals surface area contributed by atoms with Crippen molar-refractivity contribution in [1.29, 1.82) is 0 Å². The first-order valence-corrected chi connectivity index (χ1v) is 44.8. The number of hydrogen-bond donors (Lipinski definition) is 11. The summed E-state index contributed by atoms with van der Waals surface area (Å²) >= 11 is 1.74. The molecule has 11 N–H and O–H groups in total. The van der Waals surface area contributed by atoms with Crippen molar-refractivity contribution in [2.45, 2.75) is 123 Å². The van der Waals surface area contributed by atoms with Crippen LogP contribution in [-0.4, -0.2) is 189 Å². The monoisotopic (exact) mass is 1800 g/mol. The van der Waals surface area contributed by atoms with Gasteiger partial charge in [-0.15, -0.1) is 0 Å². The van der Waals surface area contributed by atoms with Crippen LogP contribution in [0.25, 0.3) is 85.5 Å². The van der Waals surface area contributed by atoms with Gasteiger partial charge in [0.15, 0.2) is 5.16 Å². The summed E-state index contributed by atoms with van der Waals surface area (Å²) in [5, 5.41) is 43.8. The van der Waals surface area contributed by atoms with Crippen LogP contribution in [0.3, 0.4) is 0 Å². The molecule has 0 bridgehead atoms. The van der Waals surface area contributed by atoms with Crippen LogP contribution in [0.15, 0.2) is 243 Å². The maximum atomic E-state index is 11.3. The number of aromatic nitrogens is 12. The Morgan fingerprint density at radius 1 is 0.439 bits per heavy atom. The lowest BCUT2D eigenvalue weighted by atomic mass is 9.92. The lowest BCUT2D eigenvalue weighted by Crippen LogP contribution is -2.32. The Kier molecular flexibility index (Phi) is 36.9. The van der Waals surface area contributed by atoms with E-state index >= 15 is 0 Å². The summed E-state index contributed by atoms with van der Waals surface area (Å²) in [6.45, 7) is 20.1. The molecule has 1 saturated heterocycles. The highest BCUT2D eigenvalue weighted by Crippen LogP contribution is 2.33. The van der Waals surface area contributed by atoms with E-state index in [1.54, 1.807) is 81.9 Å². The van der Waals surface area contributed by atoms with Crippen LogP contribution in [0.4, 0.5) is 0 Å². The molecule has 0 aliphatic carbocycles. The van der Waals surface area contributed by atoms with Crippen molar-refractivity contribution in [2.75, 3.05) is 60.9 Å². The lowest BCUT2D eigenvalue weighted by molar-refractivity contribution is -0.124. The van der Waals surface area contributed by atoms with Crippen molar-refractivity contribution in [3.63, 3.8) is 0 Å². The number of carbonyl (C=O) groups excluding carboxylic acids is 5. The number of likely N-dealkylation sites (tertiary alicyclic amines) is 1.